The number of aromatic nitrogens is 2. The second-order valence-electron chi connectivity index (χ2n) is 7.32. The maximum Gasteiger partial charge on any atom is 0.336 e. The summed E-state index contributed by atoms with van der Waals surface area (Å²) in [5, 5.41) is 12.5. The van der Waals surface area contributed by atoms with Gasteiger partial charge in [-0.2, -0.15) is 0 Å². The van der Waals surface area contributed by atoms with Gasteiger partial charge in [0, 0.05) is 24.2 Å². The van der Waals surface area contributed by atoms with Gasteiger partial charge in [0.1, 0.15) is 5.82 Å². The Kier molecular flexibility index (Phi) is 4.88. The molecular formula is C22H21N3O4. The topological polar surface area (TPSA) is 101 Å². The minimum absolute atomic E-state index is 0.0662. The van der Waals surface area contributed by atoms with Crippen molar-refractivity contribution in [2.24, 2.45) is 0 Å². The van der Waals surface area contributed by atoms with Crippen molar-refractivity contribution in [3.05, 3.63) is 69.3 Å². The number of aromatic carboxylic acids is 1. The summed E-state index contributed by atoms with van der Waals surface area (Å²) in [5.41, 5.74) is 1.95. The number of amides is 1. The van der Waals surface area contributed by atoms with E-state index >= 15 is 0 Å². The highest BCUT2D eigenvalue weighted by Crippen LogP contribution is 2.19. The number of rotatable bonds is 3. The number of carboxylic acid groups (broad SMARTS) is 1. The van der Waals surface area contributed by atoms with Gasteiger partial charge in [-0.05, 0) is 55.7 Å². The van der Waals surface area contributed by atoms with Gasteiger partial charge in [0.05, 0.1) is 16.5 Å². The van der Waals surface area contributed by atoms with Gasteiger partial charge in [-0.15, -0.1) is 0 Å². The molecule has 4 rings (SSSR count). The van der Waals surface area contributed by atoms with Crippen LogP contribution >= 0.6 is 0 Å². The molecular weight excluding hydrogens is 370 g/mol. The quantitative estimate of drug-likeness (QED) is 0.713. The van der Waals surface area contributed by atoms with Crippen LogP contribution in [0.2, 0.25) is 0 Å². The summed E-state index contributed by atoms with van der Waals surface area (Å²) in [5.74, 6) is -0.666. The van der Waals surface area contributed by atoms with E-state index < -0.39 is 5.97 Å². The van der Waals surface area contributed by atoms with E-state index in [9.17, 15) is 19.5 Å². The fraction of sp³-hybridized carbons (Fsp3) is 0.273. The van der Waals surface area contributed by atoms with E-state index in [0.717, 1.165) is 31.5 Å². The first-order valence-electron chi connectivity index (χ1n) is 9.63. The molecule has 148 valence electrons. The van der Waals surface area contributed by atoms with Crippen LogP contribution < -0.4 is 10.9 Å². The van der Waals surface area contributed by atoms with E-state index in [-0.39, 0.29) is 17.0 Å². The molecule has 29 heavy (non-hydrogen) atoms. The van der Waals surface area contributed by atoms with Crippen LogP contribution in [0.15, 0.2) is 41.2 Å². The van der Waals surface area contributed by atoms with Crippen molar-refractivity contribution >= 4 is 28.5 Å². The molecule has 0 fully saturated rings. The Labute approximate surface area is 167 Å². The summed E-state index contributed by atoms with van der Waals surface area (Å²) >= 11 is 0. The monoisotopic (exact) mass is 391 g/mol. The van der Waals surface area contributed by atoms with Crippen LogP contribution in [0.25, 0.3) is 10.9 Å². The summed E-state index contributed by atoms with van der Waals surface area (Å²) < 4.78 is 1.74. The van der Waals surface area contributed by atoms with Gasteiger partial charge in [-0.25, -0.2) is 9.78 Å². The summed E-state index contributed by atoms with van der Waals surface area (Å²) in [6.07, 6.45) is 3.79. The molecule has 0 bridgehead atoms. The molecule has 2 aromatic carbocycles. The molecule has 7 heteroatoms. The Bertz CT molecular complexity index is 1200. The molecule has 2 N–H and O–H groups in total. The van der Waals surface area contributed by atoms with Gasteiger partial charge >= 0.3 is 5.97 Å². The minimum Gasteiger partial charge on any atom is -0.478 e. The smallest absolute Gasteiger partial charge is 0.336 e. The number of hydrogen-bond acceptors (Lipinski definition) is 4. The molecule has 1 aliphatic heterocycles. The number of nitrogens with one attached hydrogen (secondary N) is 1. The number of benzene rings is 2. The first-order chi connectivity index (χ1) is 13.9. The van der Waals surface area contributed by atoms with Crippen LogP contribution in [0.3, 0.4) is 0 Å². The van der Waals surface area contributed by atoms with Crippen LogP contribution in [-0.2, 0) is 13.0 Å². The van der Waals surface area contributed by atoms with Crippen molar-refractivity contribution in [3.63, 3.8) is 0 Å². The summed E-state index contributed by atoms with van der Waals surface area (Å²) in [4.78, 5) is 41.4. The van der Waals surface area contributed by atoms with E-state index in [4.69, 9.17) is 0 Å². The Morgan fingerprint density at radius 2 is 1.93 bits per heavy atom. The largest absolute Gasteiger partial charge is 0.478 e. The van der Waals surface area contributed by atoms with Gasteiger partial charge in [-0.1, -0.05) is 12.5 Å². The number of fused-ring (bicyclic) bond motifs is 2. The average Bonchev–Trinajstić information content (AvgIpc) is 2.94. The summed E-state index contributed by atoms with van der Waals surface area (Å²) in [7, 11) is 0. The molecule has 0 spiro atoms. The molecule has 0 saturated carbocycles. The molecule has 0 radical (unpaired) electrons. The van der Waals surface area contributed by atoms with E-state index in [0.29, 0.717) is 34.3 Å². The van der Waals surface area contributed by atoms with Crippen molar-refractivity contribution in [3.8, 4) is 0 Å². The van der Waals surface area contributed by atoms with Crippen molar-refractivity contribution in [2.45, 2.75) is 39.2 Å². The van der Waals surface area contributed by atoms with Crippen LogP contribution in [-0.4, -0.2) is 26.5 Å². The lowest BCUT2D eigenvalue weighted by Crippen LogP contribution is -2.24. The Morgan fingerprint density at radius 1 is 1.10 bits per heavy atom. The van der Waals surface area contributed by atoms with Crippen molar-refractivity contribution in [1.29, 1.82) is 0 Å². The Morgan fingerprint density at radius 3 is 2.72 bits per heavy atom. The fourth-order valence-electron chi connectivity index (χ4n) is 3.69. The van der Waals surface area contributed by atoms with Gasteiger partial charge < -0.3 is 10.4 Å². The average molecular weight is 391 g/mol. The Balaban J connectivity index is 1.67. The van der Waals surface area contributed by atoms with Crippen LogP contribution in [0, 0.1) is 6.92 Å². The van der Waals surface area contributed by atoms with Gasteiger partial charge in [0.15, 0.2) is 0 Å². The van der Waals surface area contributed by atoms with Crippen LogP contribution in [0.1, 0.15) is 51.4 Å². The third-order valence-corrected chi connectivity index (χ3v) is 5.30. The lowest BCUT2D eigenvalue weighted by Gasteiger charge is -2.11. The number of carbonyl (C=O) groups excluding carboxylic acids is 1. The first kappa shape index (κ1) is 18.9. The zero-order valence-corrected chi connectivity index (χ0v) is 16.1. The zero-order chi connectivity index (χ0) is 20.5. The van der Waals surface area contributed by atoms with E-state index in [1.54, 1.807) is 41.8 Å². The highest BCUT2D eigenvalue weighted by atomic mass is 16.4. The van der Waals surface area contributed by atoms with E-state index in [1.165, 1.54) is 6.07 Å². The Hall–Kier alpha value is -3.48. The van der Waals surface area contributed by atoms with Gasteiger partial charge in [0.2, 0.25) is 0 Å². The van der Waals surface area contributed by atoms with Gasteiger partial charge in [0.25, 0.3) is 11.5 Å². The van der Waals surface area contributed by atoms with E-state index in [1.807, 2.05) is 0 Å². The second kappa shape index (κ2) is 7.50. The van der Waals surface area contributed by atoms with Crippen LogP contribution in [0.4, 0.5) is 5.69 Å². The molecule has 0 atom stereocenters. The molecule has 0 aliphatic carbocycles. The molecule has 1 amide bonds. The minimum atomic E-state index is -1.05. The lowest BCUT2D eigenvalue weighted by molar-refractivity contribution is 0.0695. The molecule has 0 saturated heterocycles. The normalized spacial score (nSPS) is 13.6. The van der Waals surface area contributed by atoms with E-state index in [2.05, 4.69) is 10.3 Å². The second-order valence-corrected chi connectivity index (χ2v) is 7.32. The molecule has 7 nitrogen and oxygen atoms in total. The highest BCUT2D eigenvalue weighted by Gasteiger charge is 2.16. The van der Waals surface area contributed by atoms with Gasteiger partial charge in [-0.3, -0.25) is 14.2 Å². The van der Waals surface area contributed by atoms with Crippen molar-refractivity contribution in [2.75, 3.05) is 5.32 Å². The maximum atomic E-state index is 12.8. The number of nitrogens with zero attached hydrogens (tertiary/aromatic N) is 2. The van der Waals surface area contributed by atoms with Crippen molar-refractivity contribution in [1.82, 2.24) is 9.55 Å². The summed E-state index contributed by atoms with van der Waals surface area (Å²) in [6.45, 7) is 2.38. The number of hydrogen-bond donors (Lipinski definition) is 2. The predicted molar refractivity (Wildman–Crippen MR) is 110 cm³/mol. The van der Waals surface area contributed by atoms with Crippen molar-refractivity contribution < 1.29 is 14.7 Å². The number of anilines is 1. The lowest BCUT2D eigenvalue weighted by atomic mass is 10.1. The highest BCUT2D eigenvalue weighted by molar-refractivity contribution is 6.06. The molecule has 1 aliphatic rings. The third-order valence-electron chi connectivity index (χ3n) is 5.30. The first-order valence-corrected chi connectivity index (χ1v) is 9.63. The van der Waals surface area contributed by atoms with Crippen LogP contribution in [0.5, 0.6) is 0 Å². The molecule has 3 aromatic rings. The molecule has 2 heterocycles. The number of carboxylic acids is 1. The summed E-state index contributed by atoms with van der Waals surface area (Å²) in [6, 6.07) is 9.58. The third kappa shape index (κ3) is 3.63. The molecule has 1 aromatic heterocycles. The zero-order valence-electron chi connectivity index (χ0n) is 16.1. The number of carbonyl (C=O) groups is 2. The standard InChI is InChI=1S/C22H21N3O4/c1-13-6-8-15(12-17(13)22(28)29)23-20(26)14-7-9-16-18(11-14)24-19-5-3-2-4-10-25(19)21(16)27/h6-9,11-12H,2-5,10H2,1H3,(H,23,26)(H,28,29). The maximum absolute atomic E-state index is 12.8. The predicted octanol–water partition coefficient (Wildman–Crippen LogP) is 3.38. The number of aryl methyl sites for hydroxylation is 2. The SMILES string of the molecule is Cc1ccc(NC(=O)c2ccc3c(=O)n4c(nc3c2)CCCCC4)cc1C(=O)O. The fourth-order valence-corrected chi connectivity index (χ4v) is 3.69. The molecule has 0 unspecified atom stereocenters.